The molecular formula is C28H27ClN4O4. The molecule has 0 atom stereocenters. The molecule has 0 aliphatic heterocycles. The molecule has 8 nitrogen and oxygen atoms in total. The average Bonchev–Trinajstić information content (AvgIpc) is 2.87. The number of para-hydroxylation sites is 1. The number of halogens is 1. The first-order chi connectivity index (χ1) is 17.7. The second-order valence-electron chi connectivity index (χ2n) is 8.82. The molecule has 4 aromatic rings. The number of nitrogens with two attached hydrogens (primary N) is 1. The van der Waals surface area contributed by atoms with Crippen LogP contribution >= 0.6 is 11.6 Å². The molecule has 0 unspecified atom stereocenters. The number of benzene rings is 3. The molecule has 4 rings (SSSR count). The number of primary amides is 1. The minimum atomic E-state index is -0.619. The fraction of sp³-hybridized carbons (Fsp3) is 0.214. The predicted molar refractivity (Wildman–Crippen MR) is 146 cm³/mol. The first-order valence-corrected chi connectivity index (χ1v) is 12.0. The Morgan fingerprint density at radius 3 is 2.62 bits per heavy atom. The SMILES string of the molecule is COc1cc(C)c(-c2nc3ccccc3c(=O)n2N=Cc2cc(Cl)ccc2OCC(N)=O)cc1C(C)C. The van der Waals surface area contributed by atoms with E-state index in [-0.39, 0.29) is 18.1 Å². The van der Waals surface area contributed by atoms with Crippen LogP contribution in [0.2, 0.25) is 5.02 Å². The van der Waals surface area contributed by atoms with Crippen LogP contribution in [0.15, 0.2) is 64.5 Å². The fourth-order valence-electron chi connectivity index (χ4n) is 3.99. The van der Waals surface area contributed by atoms with Gasteiger partial charge in [-0.3, -0.25) is 9.59 Å². The summed E-state index contributed by atoms with van der Waals surface area (Å²) in [5, 5.41) is 5.38. The number of aryl methyl sites for hydroxylation is 1. The van der Waals surface area contributed by atoms with Crippen molar-refractivity contribution < 1.29 is 14.3 Å². The van der Waals surface area contributed by atoms with Gasteiger partial charge in [0, 0.05) is 16.1 Å². The minimum Gasteiger partial charge on any atom is -0.496 e. The lowest BCUT2D eigenvalue weighted by molar-refractivity contribution is -0.119. The second-order valence-corrected chi connectivity index (χ2v) is 9.25. The third-order valence-electron chi connectivity index (χ3n) is 5.85. The normalized spacial score (nSPS) is 11.4. The van der Waals surface area contributed by atoms with E-state index < -0.39 is 5.91 Å². The maximum absolute atomic E-state index is 13.6. The van der Waals surface area contributed by atoms with Gasteiger partial charge in [0.2, 0.25) is 0 Å². The van der Waals surface area contributed by atoms with E-state index >= 15 is 0 Å². The number of rotatable bonds is 8. The Morgan fingerprint density at radius 2 is 1.92 bits per heavy atom. The van der Waals surface area contributed by atoms with Crippen molar-refractivity contribution in [3.05, 3.63) is 86.7 Å². The number of methoxy groups -OCH3 is 1. The van der Waals surface area contributed by atoms with Gasteiger partial charge in [-0.25, -0.2) is 4.98 Å². The zero-order chi connectivity index (χ0) is 26.7. The highest BCUT2D eigenvalue weighted by Gasteiger charge is 2.18. The Balaban J connectivity index is 1.95. The first-order valence-electron chi connectivity index (χ1n) is 11.6. The Morgan fingerprint density at radius 1 is 1.16 bits per heavy atom. The molecule has 0 saturated carbocycles. The largest absolute Gasteiger partial charge is 0.496 e. The summed E-state index contributed by atoms with van der Waals surface area (Å²) in [6.07, 6.45) is 1.45. The van der Waals surface area contributed by atoms with Crippen LogP contribution in [0.1, 0.15) is 36.5 Å². The summed E-state index contributed by atoms with van der Waals surface area (Å²) < 4.78 is 12.4. The Kier molecular flexibility index (Phi) is 7.59. The maximum Gasteiger partial charge on any atom is 0.282 e. The number of hydrogen-bond acceptors (Lipinski definition) is 6. The summed E-state index contributed by atoms with van der Waals surface area (Å²) in [5.74, 6) is 1.05. The monoisotopic (exact) mass is 518 g/mol. The first kappa shape index (κ1) is 25.9. The van der Waals surface area contributed by atoms with Crippen LogP contribution in [0.3, 0.4) is 0 Å². The summed E-state index contributed by atoms with van der Waals surface area (Å²) in [5.41, 5.74) is 8.53. The Hall–Kier alpha value is -4.17. The van der Waals surface area contributed by atoms with E-state index in [1.165, 1.54) is 10.9 Å². The molecule has 0 aliphatic rings. The van der Waals surface area contributed by atoms with E-state index in [9.17, 15) is 9.59 Å². The lowest BCUT2D eigenvalue weighted by Gasteiger charge is -2.17. The van der Waals surface area contributed by atoms with Gasteiger partial charge < -0.3 is 15.2 Å². The summed E-state index contributed by atoms with van der Waals surface area (Å²) in [7, 11) is 1.64. The third kappa shape index (κ3) is 5.49. The predicted octanol–water partition coefficient (Wildman–Crippen LogP) is 4.90. The quantitative estimate of drug-likeness (QED) is 0.333. The van der Waals surface area contributed by atoms with Crippen molar-refractivity contribution in [1.82, 2.24) is 9.66 Å². The van der Waals surface area contributed by atoms with Crippen LogP contribution in [-0.2, 0) is 4.79 Å². The van der Waals surface area contributed by atoms with Crippen molar-refractivity contribution in [3.8, 4) is 22.9 Å². The molecule has 0 saturated heterocycles. The maximum atomic E-state index is 13.6. The molecule has 190 valence electrons. The van der Waals surface area contributed by atoms with Gasteiger partial charge in [0.05, 0.1) is 24.2 Å². The van der Waals surface area contributed by atoms with Gasteiger partial charge in [-0.1, -0.05) is 37.6 Å². The third-order valence-corrected chi connectivity index (χ3v) is 6.08. The summed E-state index contributed by atoms with van der Waals surface area (Å²) >= 11 is 6.19. The molecule has 0 spiro atoms. The van der Waals surface area contributed by atoms with Crippen LogP contribution in [0.5, 0.6) is 11.5 Å². The highest BCUT2D eigenvalue weighted by atomic mass is 35.5. The minimum absolute atomic E-state index is 0.176. The van der Waals surface area contributed by atoms with E-state index in [0.29, 0.717) is 33.1 Å². The molecule has 37 heavy (non-hydrogen) atoms. The zero-order valence-electron chi connectivity index (χ0n) is 21.0. The van der Waals surface area contributed by atoms with Crippen molar-refractivity contribution in [2.75, 3.05) is 13.7 Å². The van der Waals surface area contributed by atoms with E-state index in [4.69, 9.17) is 31.8 Å². The lowest BCUT2D eigenvalue weighted by atomic mass is 9.96. The standard InChI is InChI=1S/C28H27ClN4O4/c1-16(2)21-13-22(17(3)11-25(21)36-4)27-32-23-8-6-5-7-20(23)28(35)33(27)31-14-18-12-19(29)9-10-24(18)37-15-26(30)34/h5-14,16H,15H2,1-4H3,(H2,30,34). The van der Waals surface area contributed by atoms with Crippen molar-refractivity contribution >= 4 is 34.6 Å². The second kappa shape index (κ2) is 10.8. The molecule has 9 heteroatoms. The number of hydrogen-bond donors (Lipinski definition) is 1. The number of carbonyl (C=O) groups excluding carboxylic acids is 1. The molecule has 1 heterocycles. The van der Waals surface area contributed by atoms with Gasteiger partial charge in [0.1, 0.15) is 11.5 Å². The van der Waals surface area contributed by atoms with E-state index in [2.05, 4.69) is 18.9 Å². The number of aromatic nitrogens is 2. The van der Waals surface area contributed by atoms with Crippen molar-refractivity contribution in [2.45, 2.75) is 26.7 Å². The van der Waals surface area contributed by atoms with E-state index in [0.717, 1.165) is 22.4 Å². The van der Waals surface area contributed by atoms with E-state index in [1.54, 1.807) is 43.5 Å². The van der Waals surface area contributed by atoms with Gasteiger partial charge >= 0.3 is 0 Å². The van der Waals surface area contributed by atoms with Crippen LogP contribution in [0, 0.1) is 6.92 Å². The highest BCUT2D eigenvalue weighted by molar-refractivity contribution is 6.30. The number of carbonyl (C=O) groups is 1. The molecular weight excluding hydrogens is 492 g/mol. The van der Waals surface area contributed by atoms with Gasteiger partial charge in [0.15, 0.2) is 12.4 Å². The Labute approximate surface area is 219 Å². The molecule has 2 N–H and O–H groups in total. The van der Waals surface area contributed by atoms with Crippen molar-refractivity contribution in [3.63, 3.8) is 0 Å². The summed E-state index contributed by atoms with van der Waals surface area (Å²) in [6, 6.07) is 15.9. The molecule has 0 radical (unpaired) electrons. The molecule has 0 aliphatic carbocycles. The lowest BCUT2D eigenvalue weighted by Crippen LogP contribution is -2.21. The topological polar surface area (TPSA) is 109 Å². The number of amides is 1. The highest BCUT2D eigenvalue weighted by Crippen LogP contribution is 2.34. The zero-order valence-corrected chi connectivity index (χ0v) is 21.7. The summed E-state index contributed by atoms with van der Waals surface area (Å²) in [4.78, 5) is 29.7. The number of fused-ring (bicyclic) bond motifs is 1. The fourth-order valence-corrected chi connectivity index (χ4v) is 4.17. The van der Waals surface area contributed by atoms with E-state index in [1.807, 2.05) is 25.1 Å². The smallest absolute Gasteiger partial charge is 0.282 e. The molecule has 1 aromatic heterocycles. The summed E-state index contributed by atoms with van der Waals surface area (Å²) in [6.45, 7) is 5.77. The number of ether oxygens (including phenoxy) is 2. The van der Waals surface area contributed by atoms with Crippen molar-refractivity contribution in [2.24, 2.45) is 10.8 Å². The van der Waals surface area contributed by atoms with Crippen LogP contribution in [0.4, 0.5) is 0 Å². The van der Waals surface area contributed by atoms with Gasteiger partial charge in [-0.2, -0.15) is 9.78 Å². The van der Waals surface area contributed by atoms with Gasteiger partial charge in [-0.05, 0) is 66.4 Å². The van der Waals surface area contributed by atoms with Crippen LogP contribution in [-0.4, -0.2) is 35.5 Å². The Bertz CT molecular complexity index is 1580. The van der Waals surface area contributed by atoms with Crippen LogP contribution < -0.4 is 20.8 Å². The molecule has 0 fully saturated rings. The van der Waals surface area contributed by atoms with Crippen molar-refractivity contribution in [1.29, 1.82) is 0 Å². The molecule has 3 aromatic carbocycles. The van der Waals surface area contributed by atoms with Gasteiger partial charge in [-0.15, -0.1) is 0 Å². The van der Waals surface area contributed by atoms with Crippen LogP contribution in [0.25, 0.3) is 22.3 Å². The molecule has 1 amide bonds. The van der Waals surface area contributed by atoms with Gasteiger partial charge in [0.25, 0.3) is 11.5 Å². The average molecular weight is 519 g/mol. The number of nitrogens with zero attached hydrogens (tertiary/aromatic N) is 3. The molecule has 0 bridgehead atoms.